The summed E-state index contributed by atoms with van der Waals surface area (Å²) < 4.78 is 5.42. The predicted octanol–water partition coefficient (Wildman–Crippen LogP) is 4.25. The third kappa shape index (κ3) is 2.40. The van der Waals surface area contributed by atoms with Gasteiger partial charge in [-0.3, -0.25) is 0 Å². The van der Waals surface area contributed by atoms with Crippen LogP contribution < -0.4 is 4.74 Å². The summed E-state index contributed by atoms with van der Waals surface area (Å²) in [7, 11) is 1.75. The minimum Gasteiger partial charge on any atom is -0.496 e. The fraction of sp³-hybridized carbons (Fsp3) is 0.600. The smallest absolute Gasteiger partial charge is 0.122 e. The molecule has 0 saturated heterocycles. The Bertz CT molecular complexity index is 364. The molecule has 0 unspecified atom stereocenters. The van der Waals surface area contributed by atoms with Crippen molar-refractivity contribution in [2.45, 2.75) is 52.9 Å². The molecule has 0 aromatic heterocycles. The molecule has 0 saturated carbocycles. The lowest BCUT2D eigenvalue weighted by Gasteiger charge is -2.27. The van der Waals surface area contributed by atoms with Crippen molar-refractivity contribution in [2.24, 2.45) is 0 Å². The lowest BCUT2D eigenvalue weighted by atomic mass is 9.78. The maximum absolute atomic E-state index is 5.42. The number of rotatable bonds is 4. The monoisotopic (exact) mass is 220 g/mol. The number of aryl methyl sites for hydroxylation is 2. The number of hydrogen-bond donors (Lipinski definition) is 0. The number of hydrogen-bond acceptors (Lipinski definition) is 1. The van der Waals surface area contributed by atoms with Crippen LogP contribution >= 0.6 is 0 Å². The van der Waals surface area contributed by atoms with Crippen LogP contribution in [0.15, 0.2) is 12.1 Å². The first-order valence-electron chi connectivity index (χ1n) is 6.14. The summed E-state index contributed by atoms with van der Waals surface area (Å²) >= 11 is 0. The molecule has 1 rings (SSSR count). The number of ether oxygens (including phenoxy) is 1. The maximum Gasteiger partial charge on any atom is 0.122 e. The molecule has 0 fully saturated rings. The molecule has 16 heavy (non-hydrogen) atoms. The van der Waals surface area contributed by atoms with Gasteiger partial charge >= 0.3 is 0 Å². The molecule has 1 nitrogen and oxygen atoms in total. The van der Waals surface area contributed by atoms with Gasteiger partial charge in [-0.25, -0.2) is 0 Å². The summed E-state index contributed by atoms with van der Waals surface area (Å²) in [4.78, 5) is 0. The van der Waals surface area contributed by atoms with E-state index in [2.05, 4.69) is 46.8 Å². The van der Waals surface area contributed by atoms with Gasteiger partial charge in [-0.1, -0.05) is 33.8 Å². The molecule has 0 heterocycles. The van der Waals surface area contributed by atoms with Crippen LogP contribution in [-0.2, 0) is 11.8 Å². The van der Waals surface area contributed by atoms with Crippen molar-refractivity contribution in [3.8, 4) is 5.75 Å². The standard InChI is InChI=1S/C15H24O/c1-7-12-9-11(3)14(16-6)10-13(12)15(4,5)8-2/h9-10H,7-8H2,1-6H3. The molecule has 0 bridgehead atoms. The Kier molecular flexibility index (Phi) is 4.01. The second-order valence-electron chi connectivity index (χ2n) is 5.07. The van der Waals surface area contributed by atoms with Gasteiger partial charge in [0.25, 0.3) is 0 Å². The van der Waals surface area contributed by atoms with Crippen molar-refractivity contribution >= 4 is 0 Å². The van der Waals surface area contributed by atoms with Gasteiger partial charge in [0.1, 0.15) is 5.75 Å². The molecular weight excluding hydrogens is 196 g/mol. The summed E-state index contributed by atoms with van der Waals surface area (Å²) in [6.45, 7) is 11.2. The molecule has 0 spiro atoms. The zero-order chi connectivity index (χ0) is 12.3. The molecular formula is C15H24O. The highest BCUT2D eigenvalue weighted by molar-refractivity contribution is 5.45. The molecule has 1 heteroatoms. The van der Waals surface area contributed by atoms with E-state index in [1.54, 1.807) is 7.11 Å². The Labute approximate surface area is 99.8 Å². The molecule has 90 valence electrons. The molecule has 0 amide bonds. The van der Waals surface area contributed by atoms with E-state index >= 15 is 0 Å². The average molecular weight is 220 g/mol. The summed E-state index contributed by atoms with van der Waals surface area (Å²) in [5.41, 5.74) is 4.34. The molecule has 0 radical (unpaired) electrons. The average Bonchev–Trinajstić information content (AvgIpc) is 2.28. The van der Waals surface area contributed by atoms with Gasteiger partial charge in [-0.15, -0.1) is 0 Å². The molecule has 0 N–H and O–H groups in total. The molecule has 1 aromatic carbocycles. The van der Waals surface area contributed by atoms with Crippen molar-refractivity contribution in [3.63, 3.8) is 0 Å². The van der Waals surface area contributed by atoms with Gasteiger partial charge in [-0.2, -0.15) is 0 Å². The van der Waals surface area contributed by atoms with Crippen LogP contribution in [0.5, 0.6) is 5.75 Å². The highest BCUT2D eigenvalue weighted by Gasteiger charge is 2.22. The number of benzene rings is 1. The molecule has 0 aliphatic heterocycles. The van der Waals surface area contributed by atoms with Gasteiger partial charge in [-0.05, 0) is 47.9 Å². The Morgan fingerprint density at radius 1 is 1.19 bits per heavy atom. The van der Waals surface area contributed by atoms with Crippen LogP contribution in [-0.4, -0.2) is 7.11 Å². The van der Waals surface area contributed by atoms with E-state index in [-0.39, 0.29) is 5.41 Å². The van der Waals surface area contributed by atoms with Crippen LogP contribution in [0.1, 0.15) is 50.8 Å². The fourth-order valence-corrected chi connectivity index (χ4v) is 2.08. The summed E-state index contributed by atoms with van der Waals surface area (Å²) in [6.07, 6.45) is 2.23. The lowest BCUT2D eigenvalue weighted by Crippen LogP contribution is -2.18. The van der Waals surface area contributed by atoms with E-state index in [1.165, 1.54) is 16.7 Å². The van der Waals surface area contributed by atoms with Gasteiger partial charge in [0.2, 0.25) is 0 Å². The second-order valence-corrected chi connectivity index (χ2v) is 5.07. The van der Waals surface area contributed by atoms with Crippen LogP contribution in [0.2, 0.25) is 0 Å². The van der Waals surface area contributed by atoms with Crippen LogP contribution in [0.25, 0.3) is 0 Å². The van der Waals surface area contributed by atoms with E-state index in [4.69, 9.17) is 4.74 Å². The van der Waals surface area contributed by atoms with E-state index in [9.17, 15) is 0 Å². The van der Waals surface area contributed by atoms with Gasteiger partial charge in [0.05, 0.1) is 7.11 Å². The van der Waals surface area contributed by atoms with Crippen molar-refractivity contribution in [3.05, 3.63) is 28.8 Å². The topological polar surface area (TPSA) is 9.23 Å². The van der Waals surface area contributed by atoms with E-state index < -0.39 is 0 Å². The minimum atomic E-state index is 0.228. The third-order valence-electron chi connectivity index (χ3n) is 3.61. The van der Waals surface area contributed by atoms with Crippen molar-refractivity contribution in [1.82, 2.24) is 0 Å². The first-order chi connectivity index (χ1) is 7.46. The minimum absolute atomic E-state index is 0.228. The Balaban J connectivity index is 3.36. The molecule has 0 atom stereocenters. The van der Waals surface area contributed by atoms with Crippen molar-refractivity contribution in [1.29, 1.82) is 0 Å². The van der Waals surface area contributed by atoms with Gasteiger partial charge in [0, 0.05) is 0 Å². The summed E-state index contributed by atoms with van der Waals surface area (Å²) in [6, 6.07) is 4.49. The SMILES string of the molecule is CCc1cc(C)c(OC)cc1C(C)(C)CC. The van der Waals surface area contributed by atoms with Crippen molar-refractivity contribution < 1.29 is 4.74 Å². The maximum atomic E-state index is 5.42. The Hall–Kier alpha value is -0.980. The van der Waals surface area contributed by atoms with Crippen molar-refractivity contribution in [2.75, 3.05) is 7.11 Å². The van der Waals surface area contributed by atoms with Gasteiger partial charge in [0.15, 0.2) is 0 Å². The normalized spacial score (nSPS) is 11.6. The predicted molar refractivity (Wildman–Crippen MR) is 70.4 cm³/mol. The fourth-order valence-electron chi connectivity index (χ4n) is 2.08. The van der Waals surface area contributed by atoms with E-state index in [0.717, 1.165) is 18.6 Å². The molecule has 0 aliphatic carbocycles. The number of methoxy groups -OCH3 is 1. The largest absolute Gasteiger partial charge is 0.496 e. The highest BCUT2D eigenvalue weighted by Crippen LogP contribution is 2.34. The summed E-state index contributed by atoms with van der Waals surface area (Å²) in [5.74, 6) is 1.01. The first-order valence-corrected chi connectivity index (χ1v) is 6.14. The lowest BCUT2D eigenvalue weighted by molar-refractivity contribution is 0.407. The zero-order valence-corrected chi connectivity index (χ0v) is 11.5. The highest BCUT2D eigenvalue weighted by atomic mass is 16.5. The van der Waals surface area contributed by atoms with Crippen LogP contribution in [0, 0.1) is 6.92 Å². The second kappa shape index (κ2) is 4.90. The Morgan fingerprint density at radius 2 is 1.81 bits per heavy atom. The summed E-state index contributed by atoms with van der Waals surface area (Å²) in [5, 5.41) is 0. The van der Waals surface area contributed by atoms with Crippen LogP contribution in [0.3, 0.4) is 0 Å². The molecule has 0 aliphatic rings. The quantitative estimate of drug-likeness (QED) is 0.737. The van der Waals surface area contributed by atoms with Gasteiger partial charge < -0.3 is 4.74 Å². The third-order valence-corrected chi connectivity index (χ3v) is 3.61. The first kappa shape index (κ1) is 13.1. The van der Waals surface area contributed by atoms with Crippen LogP contribution in [0.4, 0.5) is 0 Å². The Morgan fingerprint density at radius 3 is 2.25 bits per heavy atom. The zero-order valence-electron chi connectivity index (χ0n) is 11.5. The van der Waals surface area contributed by atoms with E-state index in [0.29, 0.717) is 0 Å². The van der Waals surface area contributed by atoms with E-state index in [1.807, 2.05) is 0 Å². The molecule has 1 aromatic rings.